The molecule has 0 radical (unpaired) electrons. The van der Waals surface area contributed by atoms with Gasteiger partial charge in [-0.1, -0.05) is 171 Å². The molecule has 1 heteroatoms. The smallest absolute Gasteiger partial charge is 0.0462 e. The Balaban J connectivity index is 1.01. The molecule has 58 heavy (non-hydrogen) atoms. The summed E-state index contributed by atoms with van der Waals surface area (Å²) in [6, 6.07) is 76.4. The van der Waals surface area contributed by atoms with Crippen molar-refractivity contribution in [1.82, 2.24) is 0 Å². The molecule has 0 heterocycles. The van der Waals surface area contributed by atoms with E-state index in [0.29, 0.717) is 0 Å². The van der Waals surface area contributed by atoms with E-state index in [9.17, 15) is 0 Å². The molecule has 11 rings (SSSR count). The molecule has 1 aliphatic carbocycles. The number of benzene rings is 10. The number of hydrogen-bond donors (Lipinski definition) is 0. The molecular weight excluding hydrogens is 699 g/mol. The van der Waals surface area contributed by atoms with Crippen LogP contribution in [0.1, 0.15) is 37.2 Å². The monoisotopic (exact) mass is 741 g/mol. The Bertz CT molecular complexity index is 2810. The van der Waals surface area contributed by atoms with Crippen molar-refractivity contribution in [3.63, 3.8) is 0 Å². The molecular formula is C57H43N. The SMILES string of the molecule is c1ccc2c(-c3ccc(N(c4ccc(-c5ccc(C6CCCC6)cc5)cc4)c4ccc(-c5c6ccccc6cc6ccccc56)cc4)cc3)c3ccccc3cc2c1. The van der Waals surface area contributed by atoms with Gasteiger partial charge in [0.05, 0.1) is 0 Å². The van der Waals surface area contributed by atoms with Crippen LogP contribution in [0.5, 0.6) is 0 Å². The number of nitrogens with zero attached hydrogens (tertiary/aromatic N) is 1. The lowest BCUT2D eigenvalue weighted by atomic mass is 9.91. The average molecular weight is 742 g/mol. The fourth-order valence-corrected chi connectivity index (χ4v) is 9.66. The van der Waals surface area contributed by atoms with Gasteiger partial charge in [0.2, 0.25) is 0 Å². The predicted octanol–water partition coefficient (Wildman–Crippen LogP) is 16.4. The lowest BCUT2D eigenvalue weighted by Crippen LogP contribution is -2.09. The van der Waals surface area contributed by atoms with E-state index in [0.717, 1.165) is 23.0 Å². The van der Waals surface area contributed by atoms with Crippen LogP contribution in [0, 0.1) is 0 Å². The summed E-state index contributed by atoms with van der Waals surface area (Å²) in [6.07, 6.45) is 5.36. The summed E-state index contributed by atoms with van der Waals surface area (Å²) in [5.41, 5.74) is 12.3. The Morgan fingerprint density at radius 2 is 0.621 bits per heavy atom. The van der Waals surface area contributed by atoms with Gasteiger partial charge in [0.15, 0.2) is 0 Å². The van der Waals surface area contributed by atoms with Crippen molar-refractivity contribution in [1.29, 1.82) is 0 Å². The molecule has 1 nitrogen and oxygen atoms in total. The van der Waals surface area contributed by atoms with Gasteiger partial charge in [-0.05, 0) is 149 Å². The molecule has 276 valence electrons. The van der Waals surface area contributed by atoms with E-state index >= 15 is 0 Å². The van der Waals surface area contributed by atoms with Gasteiger partial charge in [-0.15, -0.1) is 0 Å². The maximum Gasteiger partial charge on any atom is 0.0462 e. The van der Waals surface area contributed by atoms with Gasteiger partial charge in [-0.3, -0.25) is 0 Å². The summed E-state index contributed by atoms with van der Waals surface area (Å²) in [4.78, 5) is 2.39. The maximum absolute atomic E-state index is 2.39. The van der Waals surface area contributed by atoms with E-state index in [2.05, 4.69) is 211 Å². The molecule has 1 aliphatic rings. The van der Waals surface area contributed by atoms with Gasteiger partial charge in [0, 0.05) is 17.1 Å². The van der Waals surface area contributed by atoms with Crippen LogP contribution in [-0.4, -0.2) is 0 Å². The van der Waals surface area contributed by atoms with Crippen LogP contribution in [-0.2, 0) is 0 Å². The molecule has 0 amide bonds. The Labute approximate surface area is 340 Å². The summed E-state index contributed by atoms with van der Waals surface area (Å²) in [5, 5.41) is 10.1. The zero-order valence-corrected chi connectivity index (χ0v) is 32.5. The van der Waals surface area contributed by atoms with E-state index in [-0.39, 0.29) is 0 Å². The minimum atomic E-state index is 0.724. The maximum atomic E-state index is 2.39. The van der Waals surface area contributed by atoms with Crippen LogP contribution in [0.4, 0.5) is 17.1 Å². The van der Waals surface area contributed by atoms with Crippen molar-refractivity contribution in [3.05, 3.63) is 212 Å². The van der Waals surface area contributed by atoms with Crippen molar-refractivity contribution in [2.24, 2.45) is 0 Å². The molecule has 0 spiro atoms. The zero-order valence-electron chi connectivity index (χ0n) is 32.5. The Hall–Kier alpha value is -6.96. The molecule has 10 aromatic carbocycles. The van der Waals surface area contributed by atoms with Crippen molar-refractivity contribution >= 4 is 60.2 Å². The van der Waals surface area contributed by atoms with Gasteiger partial charge >= 0.3 is 0 Å². The second-order valence-corrected chi connectivity index (χ2v) is 16.0. The second-order valence-electron chi connectivity index (χ2n) is 16.0. The van der Waals surface area contributed by atoms with Crippen molar-refractivity contribution in [3.8, 4) is 33.4 Å². The first-order chi connectivity index (χ1) is 28.7. The van der Waals surface area contributed by atoms with Gasteiger partial charge in [-0.25, -0.2) is 0 Å². The first-order valence-electron chi connectivity index (χ1n) is 20.8. The van der Waals surface area contributed by atoms with E-state index in [4.69, 9.17) is 0 Å². The molecule has 0 aromatic heterocycles. The lowest BCUT2D eigenvalue weighted by Gasteiger charge is -2.26. The van der Waals surface area contributed by atoms with Crippen LogP contribution >= 0.6 is 0 Å². The normalized spacial score (nSPS) is 13.2. The highest BCUT2D eigenvalue weighted by Crippen LogP contribution is 2.43. The van der Waals surface area contributed by atoms with Crippen LogP contribution in [0.15, 0.2) is 206 Å². The van der Waals surface area contributed by atoms with Gasteiger partial charge < -0.3 is 4.90 Å². The minimum absolute atomic E-state index is 0.724. The highest BCUT2D eigenvalue weighted by Gasteiger charge is 2.19. The molecule has 0 aliphatic heterocycles. The Morgan fingerprint density at radius 1 is 0.310 bits per heavy atom. The largest absolute Gasteiger partial charge is 0.311 e. The molecule has 10 aromatic rings. The van der Waals surface area contributed by atoms with E-state index < -0.39 is 0 Å². The summed E-state index contributed by atoms with van der Waals surface area (Å²) in [6.45, 7) is 0. The molecule has 0 saturated heterocycles. The fourth-order valence-electron chi connectivity index (χ4n) is 9.66. The van der Waals surface area contributed by atoms with Gasteiger partial charge in [0.1, 0.15) is 0 Å². The first-order valence-corrected chi connectivity index (χ1v) is 20.8. The quantitative estimate of drug-likeness (QED) is 0.147. The van der Waals surface area contributed by atoms with Crippen LogP contribution < -0.4 is 4.90 Å². The van der Waals surface area contributed by atoms with Crippen LogP contribution in [0.2, 0.25) is 0 Å². The summed E-state index contributed by atoms with van der Waals surface area (Å²) >= 11 is 0. The Morgan fingerprint density at radius 3 is 0.983 bits per heavy atom. The first kappa shape index (κ1) is 34.3. The van der Waals surface area contributed by atoms with E-state index in [1.165, 1.54) is 108 Å². The third-order valence-corrected chi connectivity index (χ3v) is 12.6. The van der Waals surface area contributed by atoms with Gasteiger partial charge in [-0.2, -0.15) is 0 Å². The number of fused-ring (bicyclic) bond motifs is 4. The number of rotatable bonds is 7. The lowest BCUT2D eigenvalue weighted by molar-refractivity contribution is 0.723. The predicted molar refractivity (Wildman–Crippen MR) is 249 cm³/mol. The number of anilines is 3. The standard InChI is InChI=1S/C57H43N/c1-2-12-39(11-1)40-21-23-41(24-22-40)42-25-31-49(32-26-42)58(50-33-27-43(28-34-50)56-52-17-7-3-13-45(52)37-46-14-4-8-18-53(46)56)51-35-29-44(30-36-51)57-54-19-9-5-15-47(54)38-48-16-6-10-20-55(48)57/h3-10,13-39H,1-2,11-12H2. The average Bonchev–Trinajstić information content (AvgIpc) is 3.84. The van der Waals surface area contributed by atoms with E-state index in [1.807, 2.05) is 0 Å². The zero-order chi connectivity index (χ0) is 38.4. The topological polar surface area (TPSA) is 3.24 Å². The molecule has 0 bridgehead atoms. The summed E-state index contributed by atoms with van der Waals surface area (Å²) in [5.74, 6) is 0.724. The summed E-state index contributed by atoms with van der Waals surface area (Å²) < 4.78 is 0. The van der Waals surface area contributed by atoms with Crippen molar-refractivity contribution in [2.75, 3.05) is 4.90 Å². The van der Waals surface area contributed by atoms with Gasteiger partial charge in [0.25, 0.3) is 0 Å². The molecule has 1 fully saturated rings. The molecule has 0 atom stereocenters. The summed E-state index contributed by atoms with van der Waals surface area (Å²) in [7, 11) is 0. The minimum Gasteiger partial charge on any atom is -0.311 e. The fraction of sp³-hybridized carbons (Fsp3) is 0.0877. The third kappa shape index (κ3) is 6.12. The second kappa shape index (κ2) is 14.5. The van der Waals surface area contributed by atoms with Crippen molar-refractivity contribution < 1.29 is 0 Å². The molecule has 0 N–H and O–H groups in total. The highest BCUT2D eigenvalue weighted by atomic mass is 15.1. The highest BCUT2D eigenvalue weighted by molar-refractivity contribution is 6.14. The molecule has 0 unspecified atom stereocenters. The van der Waals surface area contributed by atoms with Crippen LogP contribution in [0.3, 0.4) is 0 Å². The number of hydrogen-bond acceptors (Lipinski definition) is 1. The van der Waals surface area contributed by atoms with E-state index in [1.54, 1.807) is 0 Å². The Kier molecular flexibility index (Phi) is 8.59. The molecule has 1 saturated carbocycles. The van der Waals surface area contributed by atoms with Crippen LogP contribution in [0.25, 0.3) is 76.5 Å². The third-order valence-electron chi connectivity index (χ3n) is 12.6. The van der Waals surface area contributed by atoms with Crippen molar-refractivity contribution in [2.45, 2.75) is 31.6 Å².